The molecule has 0 N–H and O–H groups in total. The number of aromatic nitrogens is 2. The van der Waals surface area contributed by atoms with Crippen LogP contribution in [0.5, 0.6) is 5.75 Å². The van der Waals surface area contributed by atoms with Crippen molar-refractivity contribution in [2.75, 3.05) is 14.2 Å². The summed E-state index contributed by atoms with van der Waals surface area (Å²) in [7, 11) is 3.22. The van der Waals surface area contributed by atoms with E-state index in [-0.39, 0.29) is 18.0 Å². The topological polar surface area (TPSA) is 88.2 Å². The Balaban J connectivity index is 2.21. The van der Waals surface area contributed by atoms with Gasteiger partial charge in [0.25, 0.3) is 5.56 Å². The first kappa shape index (κ1) is 18.2. The molecule has 0 saturated heterocycles. The molecule has 0 aliphatic heterocycles. The first-order valence-corrected chi connectivity index (χ1v) is 7.73. The van der Waals surface area contributed by atoms with Gasteiger partial charge in [-0.2, -0.15) is 10.4 Å². The number of nitrogens with zero attached hydrogens (tertiary/aromatic N) is 4. The van der Waals surface area contributed by atoms with Crippen LogP contribution in [0, 0.1) is 25.2 Å². The van der Waals surface area contributed by atoms with Gasteiger partial charge in [-0.15, -0.1) is 0 Å². The van der Waals surface area contributed by atoms with E-state index in [0.29, 0.717) is 23.6 Å². The Bertz CT molecular complexity index is 896. The maximum absolute atomic E-state index is 12.5. The van der Waals surface area contributed by atoms with Crippen molar-refractivity contribution in [1.82, 2.24) is 14.7 Å². The number of hydrogen-bond acceptors (Lipinski definition) is 5. The standard InChI is InChI=1S/C18H20N4O3/c1-12-13(2)20-22(18(24)15(12)9-19)11-17(23)21(3)10-14-7-5-6-8-16(14)25-4/h5-8H,10-11H2,1-4H3. The normalized spacial score (nSPS) is 10.2. The highest BCUT2D eigenvalue weighted by atomic mass is 16.5. The lowest BCUT2D eigenvalue weighted by Crippen LogP contribution is -2.36. The van der Waals surface area contributed by atoms with E-state index in [9.17, 15) is 9.59 Å². The molecule has 130 valence electrons. The summed E-state index contributed by atoms with van der Waals surface area (Å²) in [6, 6.07) is 9.30. The molecule has 0 atom stereocenters. The molecule has 0 aliphatic rings. The third kappa shape index (κ3) is 3.86. The summed E-state index contributed by atoms with van der Waals surface area (Å²) in [6.07, 6.45) is 0. The zero-order valence-electron chi connectivity index (χ0n) is 14.7. The molecule has 0 saturated carbocycles. The molecule has 1 aromatic carbocycles. The fraction of sp³-hybridized carbons (Fsp3) is 0.333. The summed E-state index contributed by atoms with van der Waals surface area (Å²) in [5, 5.41) is 13.3. The number of likely N-dealkylation sites (N-methyl/N-ethyl adjacent to an activating group) is 1. The maximum Gasteiger partial charge on any atom is 0.285 e. The van der Waals surface area contributed by atoms with Crippen molar-refractivity contribution < 1.29 is 9.53 Å². The van der Waals surface area contributed by atoms with Gasteiger partial charge >= 0.3 is 0 Å². The smallest absolute Gasteiger partial charge is 0.285 e. The second-order valence-corrected chi connectivity index (χ2v) is 5.72. The van der Waals surface area contributed by atoms with Gasteiger partial charge in [0.2, 0.25) is 5.91 Å². The van der Waals surface area contributed by atoms with Gasteiger partial charge in [0.15, 0.2) is 0 Å². The summed E-state index contributed by atoms with van der Waals surface area (Å²) >= 11 is 0. The third-order valence-corrected chi connectivity index (χ3v) is 4.06. The van der Waals surface area contributed by atoms with E-state index < -0.39 is 5.56 Å². The number of para-hydroxylation sites is 1. The molecule has 0 unspecified atom stereocenters. The van der Waals surface area contributed by atoms with Crippen molar-refractivity contribution >= 4 is 5.91 Å². The fourth-order valence-corrected chi connectivity index (χ4v) is 2.44. The van der Waals surface area contributed by atoms with E-state index in [2.05, 4.69) is 5.10 Å². The number of carbonyl (C=O) groups is 1. The molecule has 1 heterocycles. The van der Waals surface area contributed by atoms with Crippen LogP contribution in [0.4, 0.5) is 0 Å². The van der Waals surface area contributed by atoms with Crippen LogP contribution < -0.4 is 10.3 Å². The average molecular weight is 340 g/mol. The Kier molecular flexibility index (Phi) is 5.55. The minimum atomic E-state index is -0.551. The summed E-state index contributed by atoms with van der Waals surface area (Å²) < 4.78 is 6.32. The van der Waals surface area contributed by atoms with Gasteiger partial charge in [-0.05, 0) is 25.5 Å². The molecular weight excluding hydrogens is 320 g/mol. The Morgan fingerprint density at radius 2 is 2.04 bits per heavy atom. The first-order valence-electron chi connectivity index (χ1n) is 7.73. The minimum absolute atomic E-state index is 0.0210. The van der Waals surface area contributed by atoms with Gasteiger partial charge in [0.1, 0.15) is 23.9 Å². The molecule has 0 bridgehead atoms. The second-order valence-electron chi connectivity index (χ2n) is 5.72. The quantitative estimate of drug-likeness (QED) is 0.821. The van der Waals surface area contributed by atoms with Crippen LogP contribution in [0.15, 0.2) is 29.1 Å². The molecular formula is C18H20N4O3. The molecule has 2 rings (SSSR count). The molecule has 0 spiro atoms. The van der Waals surface area contributed by atoms with Crippen molar-refractivity contribution in [2.45, 2.75) is 26.9 Å². The number of nitriles is 1. The highest BCUT2D eigenvalue weighted by Crippen LogP contribution is 2.18. The number of methoxy groups -OCH3 is 1. The Hall–Kier alpha value is -3.14. The molecule has 7 nitrogen and oxygen atoms in total. The highest BCUT2D eigenvalue weighted by molar-refractivity contribution is 5.75. The number of hydrogen-bond donors (Lipinski definition) is 0. The van der Waals surface area contributed by atoms with Gasteiger partial charge in [0.05, 0.1) is 12.8 Å². The third-order valence-electron chi connectivity index (χ3n) is 4.06. The van der Waals surface area contributed by atoms with Crippen LogP contribution in [0.25, 0.3) is 0 Å². The van der Waals surface area contributed by atoms with Gasteiger partial charge in [0, 0.05) is 19.2 Å². The van der Waals surface area contributed by atoms with Crippen molar-refractivity contribution in [3.63, 3.8) is 0 Å². The Morgan fingerprint density at radius 3 is 2.68 bits per heavy atom. The first-order chi connectivity index (χ1) is 11.9. The minimum Gasteiger partial charge on any atom is -0.496 e. The Morgan fingerprint density at radius 1 is 1.36 bits per heavy atom. The fourth-order valence-electron chi connectivity index (χ4n) is 2.44. The van der Waals surface area contributed by atoms with E-state index in [1.54, 1.807) is 28.0 Å². The van der Waals surface area contributed by atoms with Gasteiger partial charge in [-0.1, -0.05) is 18.2 Å². The van der Waals surface area contributed by atoms with E-state index in [4.69, 9.17) is 10.00 Å². The van der Waals surface area contributed by atoms with Crippen LogP contribution in [-0.2, 0) is 17.9 Å². The van der Waals surface area contributed by atoms with Crippen molar-refractivity contribution in [3.8, 4) is 11.8 Å². The molecule has 7 heteroatoms. The number of carbonyl (C=O) groups excluding carboxylic acids is 1. The van der Waals surface area contributed by atoms with Gasteiger partial charge < -0.3 is 9.64 Å². The summed E-state index contributed by atoms with van der Waals surface area (Å²) in [5.74, 6) is 0.406. The monoisotopic (exact) mass is 340 g/mol. The SMILES string of the molecule is COc1ccccc1CN(C)C(=O)Cn1nc(C)c(C)c(C#N)c1=O. The van der Waals surface area contributed by atoms with Crippen LogP contribution >= 0.6 is 0 Å². The molecule has 0 fully saturated rings. The molecule has 1 amide bonds. The summed E-state index contributed by atoms with van der Waals surface area (Å²) in [4.78, 5) is 26.2. The number of benzene rings is 1. The van der Waals surface area contributed by atoms with Crippen LogP contribution in [0.1, 0.15) is 22.4 Å². The molecule has 1 aromatic heterocycles. The van der Waals surface area contributed by atoms with E-state index in [1.165, 1.54) is 4.90 Å². The highest BCUT2D eigenvalue weighted by Gasteiger charge is 2.17. The zero-order valence-corrected chi connectivity index (χ0v) is 14.7. The average Bonchev–Trinajstić information content (AvgIpc) is 2.60. The van der Waals surface area contributed by atoms with E-state index in [1.807, 2.05) is 30.3 Å². The maximum atomic E-state index is 12.5. The summed E-state index contributed by atoms with van der Waals surface area (Å²) in [6.45, 7) is 3.49. The van der Waals surface area contributed by atoms with E-state index >= 15 is 0 Å². The number of rotatable bonds is 5. The molecule has 0 aliphatic carbocycles. The zero-order chi connectivity index (χ0) is 18.6. The lowest BCUT2D eigenvalue weighted by Gasteiger charge is -2.19. The van der Waals surface area contributed by atoms with Crippen LogP contribution in [-0.4, -0.2) is 34.7 Å². The van der Waals surface area contributed by atoms with Crippen molar-refractivity contribution in [2.24, 2.45) is 0 Å². The lowest BCUT2D eigenvalue weighted by atomic mass is 10.1. The molecule has 2 aromatic rings. The van der Waals surface area contributed by atoms with Crippen molar-refractivity contribution in [1.29, 1.82) is 5.26 Å². The van der Waals surface area contributed by atoms with E-state index in [0.717, 1.165) is 10.2 Å². The van der Waals surface area contributed by atoms with Crippen molar-refractivity contribution in [3.05, 3.63) is 57.0 Å². The predicted molar refractivity (Wildman–Crippen MR) is 92.2 cm³/mol. The van der Waals surface area contributed by atoms with Crippen LogP contribution in [0.2, 0.25) is 0 Å². The number of aryl methyl sites for hydroxylation is 1. The number of ether oxygens (including phenoxy) is 1. The predicted octanol–water partition coefficient (Wildman–Crippen LogP) is 1.40. The molecule has 25 heavy (non-hydrogen) atoms. The summed E-state index contributed by atoms with van der Waals surface area (Å²) in [5.41, 5.74) is 1.42. The molecule has 0 radical (unpaired) electrons. The second kappa shape index (κ2) is 7.62. The Labute approximate surface area is 146 Å². The van der Waals surface area contributed by atoms with Crippen LogP contribution in [0.3, 0.4) is 0 Å². The largest absolute Gasteiger partial charge is 0.496 e. The van der Waals surface area contributed by atoms with Gasteiger partial charge in [-0.25, -0.2) is 4.68 Å². The number of amides is 1. The van der Waals surface area contributed by atoms with Gasteiger partial charge in [-0.3, -0.25) is 9.59 Å². The lowest BCUT2D eigenvalue weighted by molar-refractivity contribution is -0.131.